The van der Waals surface area contributed by atoms with Crippen LogP contribution in [0.4, 0.5) is 0 Å². The van der Waals surface area contributed by atoms with Crippen molar-refractivity contribution in [2.75, 3.05) is 19.8 Å². The second kappa shape index (κ2) is 8.30. The summed E-state index contributed by atoms with van der Waals surface area (Å²) in [6.45, 7) is 5.76. The summed E-state index contributed by atoms with van der Waals surface area (Å²) in [6, 6.07) is 14.9. The molecule has 0 N–H and O–H groups in total. The van der Waals surface area contributed by atoms with Crippen molar-refractivity contribution < 1.29 is 23.8 Å². The SMILES string of the molecule is CCOC(=O)C1(C(=O)OCC)C(COc2ccccc2C)=Cc2ccccc21. The number of aryl methyl sites for hydroxylation is 1. The molecule has 0 saturated carbocycles. The van der Waals surface area contributed by atoms with Gasteiger partial charge in [0, 0.05) is 5.57 Å². The standard InChI is InChI=1S/C23H24O5/c1-4-26-21(24)23(22(25)27-5-2)18(14-17-11-7-8-12-19(17)23)15-28-20-13-9-6-10-16(20)3/h6-14H,4-5,15H2,1-3H3. The van der Waals surface area contributed by atoms with Gasteiger partial charge in [-0.1, -0.05) is 42.5 Å². The van der Waals surface area contributed by atoms with Gasteiger partial charge in [-0.3, -0.25) is 9.59 Å². The van der Waals surface area contributed by atoms with Gasteiger partial charge < -0.3 is 14.2 Å². The second-order valence-electron chi connectivity index (χ2n) is 6.50. The molecule has 0 bridgehead atoms. The molecule has 5 heteroatoms. The molecule has 146 valence electrons. The van der Waals surface area contributed by atoms with Crippen molar-refractivity contribution >= 4 is 18.0 Å². The number of fused-ring (bicyclic) bond motifs is 1. The van der Waals surface area contributed by atoms with E-state index in [0.29, 0.717) is 16.9 Å². The molecule has 0 amide bonds. The molecule has 0 aliphatic heterocycles. The van der Waals surface area contributed by atoms with Crippen LogP contribution >= 0.6 is 0 Å². The van der Waals surface area contributed by atoms with E-state index in [4.69, 9.17) is 14.2 Å². The third-order valence-corrected chi connectivity index (χ3v) is 4.82. The number of ether oxygens (including phenoxy) is 3. The maximum Gasteiger partial charge on any atom is 0.332 e. The maximum atomic E-state index is 13.1. The molecule has 1 aliphatic rings. The van der Waals surface area contributed by atoms with E-state index in [1.54, 1.807) is 26.0 Å². The quantitative estimate of drug-likeness (QED) is 0.540. The van der Waals surface area contributed by atoms with Crippen molar-refractivity contribution in [3.8, 4) is 5.75 Å². The van der Waals surface area contributed by atoms with E-state index in [1.165, 1.54) is 0 Å². The normalized spacial score (nSPS) is 14.0. The fourth-order valence-corrected chi connectivity index (χ4v) is 3.50. The van der Waals surface area contributed by atoms with Gasteiger partial charge in [0.25, 0.3) is 0 Å². The highest BCUT2D eigenvalue weighted by molar-refractivity contribution is 6.13. The van der Waals surface area contributed by atoms with E-state index in [0.717, 1.165) is 11.1 Å². The lowest BCUT2D eigenvalue weighted by Crippen LogP contribution is -2.47. The number of carbonyl (C=O) groups is 2. The molecule has 0 saturated heterocycles. The van der Waals surface area contributed by atoms with E-state index in [2.05, 4.69) is 0 Å². The summed E-state index contributed by atoms with van der Waals surface area (Å²) < 4.78 is 16.6. The number of hydrogen-bond donors (Lipinski definition) is 0. The van der Waals surface area contributed by atoms with Crippen LogP contribution in [0.2, 0.25) is 0 Å². The van der Waals surface area contributed by atoms with Crippen LogP contribution < -0.4 is 4.74 Å². The topological polar surface area (TPSA) is 61.8 Å². The van der Waals surface area contributed by atoms with Crippen molar-refractivity contribution in [3.63, 3.8) is 0 Å². The summed E-state index contributed by atoms with van der Waals surface area (Å²) in [5.74, 6) is -0.586. The Bertz CT molecular complexity index is 895. The average Bonchev–Trinajstić information content (AvgIpc) is 3.03. The molecular weight excluding hydrogens is 356 g/mol. The zero-order chi connectivity index (χ0) is 20.1. The van der Waals surface area contributed by atoms with Gasteiger partial charge in [0.1, 0.15) is 12.4 Å². The van der Waals surface area contributed by atoms with Crippen molar-refractivity contribution in [3.05, 3.63) is 70.8 Å². The molecule has 0 atom stereocenters. The van der Waals surface area contributed by atoms with Crippen molar-refractivity contribution in [1.29, 1.82) is 0 Å². The Balaban J connectivity index is 2.06. The van der Waals surface area contributed by atoms with Crippen molar-refractivity contribution in [2.45, 2.75) is 26.2 Å². The zero-order valence-electron chi connectivity index (χ0n) is 16.4. The van der Waals surface area contributed by atoms with Gasteiger partial charge in [0.15, 0.2) is 0 Å². The summed E-state index contributed by atoms with van der Waals surface area (Å²) in [4.78, 5) is 26.2. The number of hydrogen-bond acceptors (Lipinski definition) is 5. The Morgan fingerprint density at radius 1 is 0.893 bits per heavy atom. The molecule has 2 aromatic rings. The van der Waals surface area contributed by atoms with Gasteiger partial charge in [0.2, 0.25) is 5.41 Å². The number of carbonyl (C=O) groups excluding carboxylic acids is 2. The highest BCUT2D eigenvalue weighted by atomic mass is 16.6. The van der Waals surface area contributed by atoms with E-state index in [1.807, 2.05) is 49.4 Å². The molecule has 5 nitrogen and oxygen atoms in total. The summed E-state index contributed by atoms with van der Waals surface area (Å²) in [7, 11) is 0. The first-order valence-electron chi connectivity index (χ1n) is 9.39. The van der Waals surface area contributed by atoms with Gasteiger partial charge in [-0.25, -0.2) is 0 Å². The molecule has 28 heavy (non-hydrogen) atoms. The molecular formula is C23H24O5. The summed E-state index contributed by atoms with van der Waals surface area (Å²) >= 11 is 0. The predicted octanol–water partition coefficient (Wildman–Crippen LogP) is 3.84. The van der Waals surface area contributed by atoms with Crippen LogP contribution in [0.1, 0.15) is 30.5 Å². The highest BCUT2D eigenvalue weighted by Gasteiger charge is 2.57. The highest BCUT2D eigenvalue weighted by Crippen LogP contribution is 2.44. The summed E-state index contributed by atoms with van der Waals surface area (Å²) in [5, 5.41) is 0. The number of esters is 2. The third-order valence-electron chi connectivity index (χ3n) is 4.82. The fourth-order valence-electron chi connectivity index (χ4n) is 3.50. The van der Waals surface area contributed by atoms with Gasteiger partial charge >= 0.3 is 11.9 Å². The minimum atomic E-state index is -1.65. The van der Waals surface area contributed by atoms with E-state index >= 15 is 0 Å². The average molecular weight is 380 g/mol. The number of benzene rings is 2. The first-order chi connectivity index (χ1) is 13.6. The number of rotatable bonds is 7. The fraction of sp³-hybridized carbons (Fsp3) is 0.304. The first-order valence-corrected chi connectivity index (χ1v) is 9.39. The molecule has 3 rings (SSSR count). The van der Waals surface area contributed by atoms with Crippen LogP contribution in [0.3, 0.4) is 0 Å². The Kier molecular flexibility index (Phi) is 5.83. The third kappa shape index (κ3) is 3.28. The van der Waals surface area contributed by atoms with E-state index in [-0.39, 0.29) is 19.8 Å². The van der Waals surface area contributed by atoms with E-state index in [9.17, 15) is 9.59 Å². The van der Waals surface area contributed by atoms with Crippen LogP contribution in [0.15, 0.2) is 54.1 Å². The first kappa shape index (κ1) is 19.7. The molecule has 0 unspecified atom stereocenters. The Hall–Kier alpha value is -3.08. The van der Waals surface area contributed by atoms with Gasteiger partial charge in [-0.05, 0) is 49.6 Å². The van der Waals surface area contributed by atoms with Crippen molar-refractivity contribution in [1.82, 2.24) is 0 Å². The maximum absolute atomic E-state index is 13.1. The largest absolute Gasteiger partial charge is 0.489 e. The Labute approximate surface area is 164 Å². The predicted molar refractivity (Wildman–Crippen MR) is 106 cm³/mol. The van der Waals surface area contributed by atoms with Crippen LogP contribution in [-0.2, 0) is 24.5 Å². The van der Waals surface area contributed by atoms with E-state index < -0.39 is 17.4 Å². The molecule has 2 aromatic carbocycles. The summed E-state index contributed by atoms with van der Waals surface area (Å²) in [6.07, 6.45) is 1.82. The molecule has 0 radical (unpaired) electrons. The minimum absolute atomic E-state index is 0.0666. The van der Waals surface area contributed by atoms with Crippen LogP contribution in [0.5, 0.6) is 5.75 Å². The Morgan fingerprint density at radius 3 is 2.14 bits per heavy atom. The summed E-state index contributed by atoms with van der Waals surface area (Å²) in [5.41, 5.74) is 1.18. The lowest BCUT2D eigenvalue weighted by molar-refractivity contribution is -0.162. The smallest absolute Gasteiger partial charge is 0.332 e. The second-order valence-corrected chi connectivity index (χ2v) is 6.50. The molecule has 0 spiro atoms. The van der Waals surface area contributed by atoms with Gasteiger partial charge in [-0.2, -0.15) is 0 Å². The van der Waals surface area contributed by atoms with Crippen LogP contribution in [0.25, 0.3) is 6.08 Å². The van der Waals surface area contributed by atoms with Gasteiger partial charge in [-0.15, -0.1) is 0 Å². The lowest BCUT2D eigenvalue weighted by Gasteiger charge is -2.29. The minimum Gasteiger partial charge on any atom is -0.489 e. The van der Waals surface area contributed by atoms with Crippen LogP contribution in [0, 0.1) is 6.92 Å². The monoisotopic (exact) mass is 380 g/mol. The molecule has 0 fully saturated rings. The number of para-hydroxylation sites is 1. The van der Waals surface area contributed by atoms with Gasteiger partial charge in [0.05, 0.1) is 13.2 Å². The zero-order valence-corrected chi connectivity index (χ0v) is 16.4. The lowest BCUT2D eigenvalue weighted by atomic mass is 9.77. The van der Waals surface area contributed by atoms with Crippen LogP contribution in [-0.4, -0.2) is 31.8 Å². The molecule has 0 aromatic heterocycles. The Morgan fingerprint density at radius 2 is 1.50 bits per heavy atom. The molecule has 1 aliphatic carbocycles. The van der Waals surface area contributed by atoms with Crippen molar-refractivity contribution in [2.24, 2.45) is 0 Å². The molecule has 0 heterocycles.